The lowest BCUT2D eigenvalue weighted by atomic mass is 10.2. The van der Waals surface area contributed by atoms with Crippen LogP contribution in [0.5, 0.6) is 0 Å². The Bertz CT molecular complexity index is 776. The Morgan fingerprint density at radius 3 is 3.10 bits per heavy atom. The van der Waals surface area contributed by atoms with Gasteiger partial charge in [0.1, 0.15) is 5.82 Å². The first kappa shape index (κ1) is 13.3. The van der Waals surface area contributed by atoms with Gasteiger partial charge in [-0.1, -0.05) is 25.1 Å². The summed E-state index contributed by atoms with van der Waals surface area (Å²) in [6.07, 6.45) is 2.21. The largest absolute Gasteiger partial charge is 0.317 e. The van der Waals surface area contributed by atoms with Crippen molar-refractivity contribution in [3.63, 3.8) is 0 Å². The van der Waals surface area contributed by atoms with Gasteiger partial charge in [-0.15, -0.1) is 11.3 Å². The van der Waals surface area contributed by atoms with Crippen molar-refractivity contribution in [1.29, 1.82) is 0 Å². The van der Waals surface area contributed by atoms with Crippen LogP contribution in [0.3, 0.4) is 0 Å². The number of halogens is 1. The smallest absolute Gasteiger partial charge is 0.168 e. The molecule has 21 heavy (non-hydrogen) atoms. The highest BCUT2D eigenvalue weighted by Gasteiger charge is 2.33. The predicted octanol–water partition coefficient (Wildman–Crippen LogP) is 4.93. The topological polar surface area (TPSA) is 15.6 Å². The number of amidine groups is 1. The molecule has 0 radical (unpaired) electrons. The van der Waals surface area contributed by atoms with Crippen LogP contribution in [0.25, 0.3) is 15.8 Å². The normalized spacial score (nSPS) is 17.8. The van der Waals surface area contributed by atoms with Crippen LogP contribution in [0.15, 0.2) is 34.2 Å². The lowest BCUT2D eigenvalue weighted by Gasteiger charge is -2.15. The molecule has 0 N–H and O–H groups in total. The molecule has 1 aromatic carbocycles. The molecule has 0 aliphatic carbocycles. The van der Waals surface area contributed by atoms with E-state index >= 15 is 0 Å². The van der Waals surface area contributed by atoms with Crippen molar-refractivity contribution in [3.8, 4) is 0 Å². The zero-order valence-corrected chi connectivity index (χ0v) is 13.4. The standard InChI is InChI=1S/C16H15FN2S2/c1-2-3-13-15(19-7-6-18-16(19)21-13)14-9-10-8-11(17)4-5-12(10)20-14/h4-5,8-9H,2-3,6-7H2,1H3. The fourth-order valence-corrected chi connectivity index (χ4v) is 5.31. The molecule has 4 rings (SSSR count). The van der Waals surface area contributed by atoms with Crippen molar-refractivity contribution in [2.24, 2.45) is 4.99 Å². The lowest BCUT2D eigenvalue weighted by Crippen LogP contribution is -2.19. The Hall–Kier alpha value is -1.33. The maximum absolute atomic E-state index is 13.4. The SMILES string of the molecule is CCCC1=C(c2cc3cc(F)ccc3s2)N2CCN=C2S1. The van der Waals surface area contributed by atoms with Gasteiger partial charge in [-0.25, -0.2) is 4.39 Å². The van der Waals surface area contributed by atoms with Gasteiger partial charge in [0.05, 0.1) is 17.1 Å². The summed E-state index contributed by atoms with van der Waals surface area (Å²) < 4.78 is 14.5. The summed E-state index contributed by atoms with van der Waals surface area (Å²) >= 11 is 3.56. The first-order valence-electron chi connectivity index (χ1n) is 7.18. The molecule has 0 bridgehead atoms. The van der Waals surface area contributed by atoms with E-state index in [4.69, 9.17) is 0 Å². The molecular formula is C16H15FN2S2. The van der Waals surface area contributed by atoms with Crippen LogP contribution in [0, 0.1) is 5.82 Å². The first-order chi connectivity index (χ1) is 10.3. The van der Waals surface area contributed by atoms with Gasteiger partial charge in [-0.05, 0) is 36.1 Å². The zero-order valence-electron chi connectivity index (χ0n) is 11.7. The molecule has 0 saturated carbocycles. The fraction of sp³-hybridized carbons (Fsp3) is 0.312. The molecule has 0 spiro atoms. The molecule has 0 saturated heterocycles. The number of thioether (sulfide) groups is 1. The van der Waals surface area contributed by atoms with Crippen molar-refractivity contribution < 1.29 is 4.39 Å². The monoisotopic (exact) mass is 318 g/mol. The van der Waals surface area contributed by atoms with Crippen LogP contribution in [0.4, 0.5) is 4.39 Å². The molecule has 2 aliphatic heterocycles. The Kier molecular flexibility index (Phi) is 3.27. The Balaban J connectivity index is 1.84. The van der Waals surface area contributed by atoms with Crippen molar-refractivity contribution >= 4 is 44.0 Å². The summed E-state index contributed by atoms with van der Waals surface area (Å²) in [5.74, 6) is -0.168. The maximum Gasteiger partial charge on any atom is 0.168 e. The highest BCUT2D eigenvalue weighted by Crippen LogP contribution is 2.46. The van der Waals surface area contributed by atoms with Crippen molar-refractivity contribution in [2.45, 2.75) is 19.8 Å². The number of hydrogen-bond acceptors (Lipinski definition) is 4. The molecule has 2 aromatic rings. The quantitative estimate of drug-likeness (QED) is 0.797. The molecular weight excluding hydrogens is 303 g/mol. The van der Waals surface area contributed by atoms with Gasteiger partial charge >= 0.3 is 0 Å². The zero-order chi connectivity index (χ0) is 14.4. The minimum absolute atomic E-state index is 0.168. The van der Waals surface area contributed by atoms with Gasteiger partial charge in [-0.2, -0.15) is 0 Å². The molecule has 0 amide bonds. The van der Waals surface area contributed by atoms with E-state index in [9.17, 15) is 4.39 Å². The average Bonchev–Trinajstić information content (AvgIpc) is 3.11. The maximum atomic E-state index is 13.4. The molecule has 0 atom stereocenters. The van der Waals surface area contributed by atoms with E-state index in [1.165, 1.54) is 21.5 Å². The first-order valence-corrected chi connectivity index (χ1v) is 8.82. The van der Waals surface area contributed by atoms with Crippen molar-refractivity contribution in [3.05, 3.63) is 39.9 Å². The number of thiophene rings is 1. The number of benzene rings is 1. The van der Waals surface area contributed by atoms with E-state index in [-0.39, 0.29) is 5.82 Å². The highest BCUT2D eigenvalue weighted by atomic mass is 32.2. The van der Waals surface area contributed by atoms with E-state index in [1.807, 2.05) is 17.8 Å². The van der Waals surface area contributed by atoms with E-state index in [0.717, 1.165) is 41.2 Å². The van der Waals surface area contributed by atoms with Gasteiger partial charge < -0.3 is 4.90 Å². The van der Waals surface area contributed by atoms with E-state index in [2.05, 4.69) is 22.9 Å². The highest BCUT2D eigenvalue weighted by molar-refractivity contribution is 8.17. The molecule has 5 heteroatoms. The van der Waals surface area contributed by atoms with Crippen molar-refractivity contribution in [1.82, 2.24) is 4.90 Å². The van der Waals surface area contributed by atoms with E-state index < -0.39 is 0 Å². The molecule has 2 aliphatic rings. The molecule has 1 aromatic heterocycles. The van der Waals surface area contributed by atoms with Crippen LogP contribution >= 0.6 is 23.1 Å². The van der Waals surface area contributed by atoms with Crippen LogP contribution in [0.1, 0.15) is 24.6 Å². The number of fused-ring (bicyclic) bond motifs is 2. The van der Waals surface area contributed by atoms with Gasteiger partial charge in [0, 0.05) is 16.1 Å². The van der Waals surface area contributed by atoms with Gasteiger partial charge in [0.15, 0.2) is 5.17 Å². The molecule has 3 heterocycles. The summed E-state index contributed by atoms with van der Waals surface area (Å²) in [6, 6.07) is 7.16. The number of rotatable bonds is 3. The second-order valence-electron chi connectivity index (χ2n) is 5.23. The van der Waals surface area contributed by atoms with Crippen LogP contribution in [-0.2, 0) is 0 Å². The van der Waals surface area contributed by atoms with Gasteiger partial charge in [0.2, 0.25) is 0 Å². The third-order valence-electron chi connectivity index (χ3n) is 3.74. The lowest BCUT2D eigenvalue weighted by molar-refractivity contribution is 0.630. The summed E-state index contributed by atoms with van der Waals surface area (Å²) in [5.41, 5.74) is 1.31. The minimum Gasteiger partial charge on any atom is -0.317 e. The number of hydrogen-bond donors (Lipinski definition) is 0. The second kappa shape index (κ2) is 5.14. The average molecular weight is 318 g/mol. The van der Waals surface area contributed by atoms with E-state index in [1.54, 1.807) is 17.4 Å². The summed E-state index contributed by atoms with van der Waals surface area (Å²) in [6.45, 7) is 4.05. The molecule has 2 nitrogen and oxygen atoms in total. The van der Waals surface area contributed by atoms with Gasteiger partial charge in [-0.3, -0.25) is 4.99 Å². The van der Waals surface area contributed by atoms with Crippen molar-refractivity contribution in [2.75, 3.05) is 13.1 Å². The fourth-order valence-electron chi connectivity index (χ4n) is 2.83. The number of nitrogens with zero attached hydrogens (tertiary/aromatic N) is 2. The molecule has 108 valence electrons. The Labute approximate surface area is 131 Å². The van der Waals surface area contributed by atoms with Crippen LogP contribution in [-0.4, -0.2) is 23.2 Å². The minimum atomic E-state index is -0.168. The molecule has 0 fully saturated rings. The summed E-state index contributed by atoms with van der Waals surface area (Å²) in [4.78, 5) is 9.55. The van der Waals surface area contributed by atoms with Crippen LogP contribution < -0.4 is 0 Å². The van der Waals surface area contributed by atoms with Crippen LogP contribution in [0.2, 0.25) is 0 Å². The third kappa shape index (κ3) is 2.19. The van der Waals surface area contributed by atoms with E-state index in [0.29, 0.717) is 0 Å². The predicted molar refractivity (Wildman–Crippen MR) is 90.2 cm³/mol. The summed E-state index contributed by atoms with van der Waals surface area (Å²) in [7, 11) is 0. The second-order valence-corrected chi connectivity index (χ2v) is 7.38. The Morgan fingerprint density at radius 2 is 2.24 bits per heavy atom. The summed E-state index contributed by atoms with van der Waals surface area (Å²) in [5, 5.41) is 2.13. The number of aliphatic imine (C=N–C) groups is 1. The Morgan fingerprint density at radius 1 is 1.33 bits per heavy atom. The third-order valence-corrected chi connectivity index (χ3v) is 6.04. The number of allylic oxidation sites excluding steroid dienone is 1. The van der Waals surface area contributed by atoms with Gasteiger partial charge in [0.25, 0.3) is 0 Å². The molecule has 0 unspecified atom stereocenters.